The number of halogens is 1. The minimum absolute atomic E-state index is 0.266. The van der Waals surface area contributed by atoms with E-state index >= 15 is 0 Å². The van der Waals surface area contributed by atoms with Gasteiger partial charge in [0.1, 0.15) is 17.2 Å². The van der Waals surface area contributed by atoms with Crippen LogP contribution in [0.15, 0.2) is 54.7 Å². The van der Waals surface area contributed by atoms with Crippen LogP contribution in [-0.2, 0) is 13.6 Å². The minimum Gasteiger partial charge on any atom is -0.457 e. The zero-order chi connectivity index (χ0) is 27.5. The SMILES string of the molecule is CNC(=O)c1cc(Oc2ccc3nc(Nc4ccc(Cl)c(CN5CCC(N(C)C)CC5)c4)n(C)c3c2)ccn1. The molecule has 1 amide bonds. The quantitative estimate of drug-likeness (QED) is 0.319. The van der Waals surface area contributed by atoms with Gasteiger partial charge < -0.3 is 24.8 Å². The number of nitrogens with zero attached hydrogens (tertiary/aromatic N) is 5. The third-order valence-electron chi connectivity index (χ3n) is 7.26. The van der Waals surface area contributed by atoms with Gasteiger partial charge in [0.15, 0.2) is 0 Å². The Balaban J connectivity index is 1.30. The van der Waals surface area contributed by atoms with E-state index in [2.05, 4.69) is 45.6 Å². The summed E-state index contributed by atoms with van der Waals surface area (Å²) in [7, 11) is 7.85. The van der Waals surface area contributed by atoms with Crippen molar-refractivity contribution in [1.29, 1.82) is 0 Å². The molecular weight excluding hydrogens is 514 g/mol. The molecule has 4 aromatic rings. The second kappa shape index (κ2) is 11.6. The molecule has 204 valence electrons. The number of nitrogens with one attached hydrogen (secondary N) is 2. The topological polar surface area (TPSA) is 87.5 Å². The number of likely N-dealkylation sites (tertiary alicyclic amines) is 1. The molecule has 5 rings (SSSR count). The van der Waals surface area contributed by atoms with Gasteiger partial charge in [-0.2, -0.15) is 0 Å². The number of aryl methyl sites for hydroxylation is 1. The van der Waals surface area contributed by atoms with Crippen LogP contribution < -0.4 is 15.4 Å². The Labute approximate surface area is 233 Å². The second-order valence-electron chi connectivity index (χ2n) is 10.1. The van der Waals surface area contributed by atoms with Gasteiger partial charge in [0, 0.05) is 55.7 Å². The molecule has 0 saturated carbocycles. The van der Waals surface area contributed by atoms with Crippen molar-refractivity contribution in [2.75, 3.05) is 39.5 Å². The molecule has 0 bridgehead atoms. The third-order valence-corrected chi connectivity index (χ3v) is 7.63. The van der Waals surface area contributed by atoms with E-state index in [9.17, 15) is 4.79 Å². The van der Waals surface area contributed by atoms with Gasteiger partial charge in [-0.1, -0.05) is 11.6 Å². The maximum atomic E-state index is 11.9. The van der Waals surface area contributed by atoms with Gasteiger partial charge in [-0.25, -0.2) is 4.98 Å². The molecular formula is C29H34ClN7O2. The number of ether oxygens (including phenoxy) is 1. The summed E-state index contributed by atoms with van der Waals surface area (Å²) in [6, 6.07) is 15.7. The molecule has 0 spiro atoms. The Bertz CT molecular complexity index is 1480. The van der Waals surface area contributed by atoms with Crippen LogP contribution in [0.25, 0.3) is 11.0 Å². The van der Waals surface area contributed by atoms with Crippen LogP contribution in [-0.4, -0.2) is 70.5 Å². The number of anilines is 2. The third kappa shape index (κ3) is 6.16. The Kier molecular flexibility index (Phi) is 8.02. The summed E-state index contributed by atoms with van der Waals surface area (Å²) in [6.45, 7) is 2.96. The highest BCUT2D eigenvalue weighted by Gasteiger charge is 2.21. The predicted octanol–water partition coefficient (Wildman–Crippen LogP) is 5.04. The van der Waals surface area contributed by atoms with Crippen LogP contribution in [0.5, 0.6) is 11.5 Å². The molecule has 10 heteroatoms. The molecule has 0 atom stereocenters. The van der Waals surface area contributed by atoms with Crippen LogP contribution in [0, 0.1) is 0 Å². The lowest BCUT2D eigenvalue weighted by atomic mass is 10.0. The first-order valence-electron chi connectivity index (χ1n) is 13.1. The van der Waals surface area contributed by atoms with Crippen molar-refractivity contribution in [3.63, 3.8) is 0 Å². The summed E-state index contributed by atoms with van der Waals surface area (Å²) in [4.78, 5) is 25.6. The Morgan fingerprint density at radius 1 is 1.10 bits per heavy atom. The van der Waals surface area contributed by atoms with Crippen molar-refractivity contribution >= 4 is 40.2 Å². The molecule has 0 radical (unpaired) electrons. The standard InChI is InChI=1S/C29H34ClN7O2/c1-31-28(38)26-16-23(9-12-32-26)39-22-6-8-25-27(17-22)36(4)29(34-25)33-20-5-7-24(30)19(15-20)18-37-13-10-21(11-14-37)35(2)3/h5-9,12,15-17,21H,10-11,13-14,18H2,1-4H3,(H,31,38)(H,33,34). The number of hydrogen-bond acceptors (Lipinski definition) is 7. The maximum absolute atomic E-state index is 11.9. The highest BCUT2D eigenvalue weighted by atomic mass is 35.5. The Morgan fingerprint density at radius 3 is 2.62 bits per heavy atom. The Hall–Kier alpha value is -3.66. The molecule has 2 N–H and O–H groups in total. The Morgan fingerprint density at radius 2 is 1.87 bits per heavy atom. The van der Waals surface area contributed by atoms with Crippen molar-refractivity contribution in [2.45, 2.75) is 25.4 Å². The highest BCUT2D eigenvalue weighted by Crippen LogP contribution is 2.30. The lowest BCUT2D eigenvalue weighted by Crippen LogP contribution is -2.41. The highest BCUT2D eigenvalue weighted by molar-refractivity contribution is 6.31. The van der Waals surface area contributed by atoms with Crippen LogP contribution in [0.1, 0.15) is 28.9 Å². The van der Waals surface area contributed by atoms with Crippen LogP contribution in [0.2, 0.25) is 5.02 Å². The van der Waals surface area contributed by atoms with Gasteiger partial charge in [-0.15, -0.1) is 0 Å². The molecule has 9 nitrogen and oxygen atoms in total. The molecule has 1 saturated heterocycles. The van der Waals surface area contributed by atoms with Crippen molar-refractivity contribution < 1.29 is 9.53 Å². The maximum Gasteiger partial charge on any atom is 0.269 e. The van der Waals surface area contributed by atoms with E-state index < -0.39 is 0 Å². The van der Waals surface area contributed by atoms with Gasteiger partial charge >= 0.3 is 0 Å². The van der Waals surface area contributed by atoms with Gasteiger partial charge in [-0.05, 0) is 82.0 Å². The van der Waals surface area contributed by atoms with Crippen molar-refractivity contribution in [1.82, 2.24) is 29.7 Å². The van der Waals surface area contributed by atoms with E-state index in [1.54, 1.807) is 25.4 Å². The number of hydrogen-bond donors (Lipinski definition) is 2. The number of imidazole rings is 1. The normalized spacial score (nSPS) is 14.6. The van der Waals surface area contributed by atoms with Gasteiger partial charge in [-0.3, -0.25) is 14.7 Å². The summed E-state index contributed by atoms with van der Waals surface area (Å²) >= 11 is 6.59. The molecule has 2 aromatic heterocycles. The average Bonchev–Trinajstić information content (AvgIpc) is 3.24. The van der Waals surface area contributed by atoms with E-state index in [1.165, 1.54) is 12.8 Å². The van der Waals surface area contributed by atoms with E-state index in [0.717, 1.165) is 46.9 Å². The first-order valence-corrected chi connectivity index (χ1v) is 13.4. The summed E-state index contributed by atoms with van der Waals surface area (Å²) in [5.74, 6) is 1.62. The summed E-state index contributed by atoms with van der Waals surface area (Å²) in [5, 5.41) is 6.81. The number of fused-ring (bicyclic) bond motifs is 1. The fourth-order valence-electron chi connectivity index (χ4n) is 4.95. The number of pyridine rings is 1. The second-order valence-corrected chi connectivity index (χ2v) is 10.5. The number of amides is 1. The monoisotopic (exact) mass is 547 g/mol. The van der Waals surface area contributed by atoms with Crippen molar-refractivity contribution in [2.24, 2.45) is 7.05 Å². The largest absolute Gasteiger partial charge is 0.457 e. The zero-order valence-corrected chi connectivity index (χ0v) is 23.5. The van der Waals surface area contributed by atoms with Gasteiger partial charge in [0.05, 0.1) is 11.0 Å². The number of piperidine rings is 1. The van der Waals surface area contributed by atoms with Crippen molar-refractivity contribution in [3.8, 4) is 11.5 Å². The molecule has 0 aliphatic carbocycles. The van der Waals surface area contributed by atoms with Crippen LogP contribution in [0.3, 0.4) is 0 Å². The molecule has 3 heterocycles. The minimum atomic E-state index is -0.266. The van der Waals surface area contributed by atoms with Crippen LogP contribution in [0.4, 0.5) is 11.6 Å². The smallest absolute Gasteiger partial charge is 0.269 e. The fourth-order valence-corrected chi connectivity index (χ4v) is 5.12. The van der Waals surface area contributed by atoms with E-state index in [0.29, 0.717) is 29.2 Å². The van der Waals surface area contributed by atoms with Gasteiger partial charge in [0.2, 0.25) is 5.95 Å². The van der Waals surface area contributed by atoms with Crippen LogP contribution >= 0.6 is 11.6 Å². The molecule has 2 aromatic carbocycles. The lowest BCUT2D eigenvalue weighted by molar-refractivity contribution is 0.0958. The lowest BCUT2D eigenvalue weighted by Gasteiger charge is -2.35. The molecule has 1 aliphatic rings. The number of carbonyl (C=O) groups is 1. The number of benzene rings is 2. The number of aromatic nitrogens is 3. The fraction of sp³-hybridized carbons (Fsp3) is 0.345. The van der Waals surface area contributed by atoms with E-state index in [-0.39, 0.29) is 5.91 Å². The summed E-state index contributed by atoms with van der Waals surface area (Å²) < 4.78 is 8.01. The summed E-state index contributed by atoms with van der Waals surface area (Å²) in [6.07, 6.45) is 3.89. The average molecular weight is 548 g/mol. The first kappa shape index (κ1) is 26.9. The van der Waals surface area contributed by atoms with Crippen molar-refractivity contribution in [3.05, 3.63) is 71.0 Å². The molecule has 1 aliphatic heterocycles. The van der Waals surface area contributed by atoms with E-state index in [1.807, 2.05) is 41.9 Å². The molecule has 39 heavy (non-hydrogen) atoms. The number of rotatable bonds is 8. The van der Waals surface area contributed by atoms with Gasteiger partial charge in [0.25, 0.3) is 5.91 Å². The predicted molar refractivity (Wildman–Crippen MR) is 155 cm³/mol. The zero-order valence-electron chi connectivity index (χ0n) is 22.7. The van der Waals surface area contributed by atoms with E-state index in [4.69, 9.17) is 21.3 Å². The molecule has 0 unspecified atom stereocenters. The first-order chi connectivity index (χ1) is 18.8. The summed E-state index contributed by atoms with van der Waals surface area (Å²) in [5.41, 5.74) is 4.09. The molecule has 1 fully saturated rings. The number of carbonyl (C=O) groups excluding carboxylic acids is 1.